The second-order valence-electron chi connectivity index (χ2n) is 5.63. The number of nitrogens with zero attached hydrogens (tertiary/aromatic N) is 2. The van der Waals surface area contributed by atoms with E-state index >= 15 is 0 Å². The van der Waals surface area contributed by atoms with Gasteiger partial charge in [-0.1, -0.05) is 59.9 Å². The Kier molecular flexibility index (Phi) is 5.05. The zero-order chi connectivity index (χ0) is 17.5. The molecule has 0 atom stereocenters. The van der Waals surface area contributed by atoms with Gasteiger partial charge in [0, 0.05) is 11.8 Å². The second kappa shape index (κ2) is 7.77. The molecule has 25 heavy (non-hydrogen) atoms. The van der Waals surface area contributed by atoms with Crippen LogP contribution in [0.4, 0.5) is 5.69 Å². The van der Waals surface area contributed by atoms with Crippen molar-refractivity contribution in [2.75, 3.05) is 0 Å². The smallest absolute Gasteiger partial charge is 0.0992 e. The Hall–Kier alpha value is -3.62. The standard InChI is InChI=1S/C23H16N2/c1-18-7-9-20(10-8-18)17-25-23-14-12-21(16-24)15-22(23)13-11-19-5-3-2-4-6-19/h2-10,12,14-15,17H,1H3. The van der Waals surface area contributed by atoms with E-state index < -0.39 is 0 Å². The van der Waals surface area contributed by atoms with Gasteiger partial charge in [-0.3, -0.25) is 4.99 Å². The highest BCUT2D eigenvalue weighted by molar-refractivity contribution is 5.83. The monoisotopic (exact) mass is 320 g/mol. The molecule has 0 heterocycles. The SMILES string of the molecule is Cc1ccc(C=Nc2ccc(C#N)cc2C#Cc2ccccc2)cc1. The highest BCUT2D eigenvalue weighted by Crippen LogP contribution is 2.20. The van der Waals surface area contributed by atoms with E-state index in [0.717, 1.165) is 22.4 Å². The summed E-state index contributed by atoms with van der Waals surface area (Å²) in [5.41, 5.74) is 5.24. The highest BCUT2D eigenvalue weighted by atomic mass is 14.7. The van der Waals surface area contributed by atoms with E-state index in [1.54, 1.807) is 12.1 Å². The van der Waals surface area contributed by atoms with Crippen LogP contribution in [0.5, 0.6) is 0 Å². The number of hydrogen-bond donors (Lipinski definition) is 0. The van der Waals surface area contributed by atoms with Gasteiger partial charge in [0.1, 0.15) is 0 Å². The van der Waals surface area contributed by atoms with Crippen LogP contribution >= 0.6 is 0 Å². The lowest BCUT2D eigenvalue weighted by atomic mass is 10.1. The zero-order valence-electron chi connectivity index (χ0n) is 13.9. The molecule has 0 unspecified atom stereocenters. The second-order valence-corrected chi connectivity index (χ2v) is 5.63. The molecule has 0 spiro atoms. The molecule has 3 rings (SSSR count). The predicted octanol–water partition coefficient (Wildman–Crippen LogP) is 5.02. The molecule has 0 aliphatic heterocycles. The highest BCUT2D eigenvalue weighted by Gasteiger charge is 2.01. The Morgan fingerprint density at radius 2 is 1.60 bits per heavy atom. The molecule has 0 aliphatic carbocycles. The summed E-state index contributed by atoms with van der Waals surface area (Å²) >= 11 is 0. The Labute approximate surface area is 148 Å². The van der Waals surface area contributed by atoms with Crippen molar-refractivity contribution in [3.63, 3.8) is 0 Å². The zero-order valence-corrected chi connectivity index (χ0v) is 13.9. The molecular weight excluding hydrogens is 304 g/mol. The molecule has 0 N–H and O–H groups in total. The topological polar surface area (TPSA) is 36.1 Å². The fourth-order valence-electron chi connectivity index (χ4n) is 2.28. The first-order valence-electron chi connectivity index (χ1n) is 7.96. The summed E-state index contributed by atoms with van der Waals surface area (Å²) in [7, 11) is 0. The lowest BCUT2D eigenvalue weighted by Gasteiger charge is -2.00. The lowest BCUT2D eigenvalue weighted by Crippen LogP contribution is -1.84. The van der Waals surface area contributed by atoms with Crippen molar-refractivity contribution in [1.29, 1.82) is 5.26 Å². The fourth-order valence-corrected chi connectivity index (χ4v) is 2.28. The maximum atomic E-state index is 9.14. The molecule has 2 heteroatoms. The van der Waals surface area contributed by atoms with Crippen LogP contribution in [0.25, 0.3) is 0 Å². The number of aliphatic imine (C=N–C) groups is 1. The molecule has 2 nitrogen and oxygen atoms in total. The summed E-state index contributed by atoms with van der Waals surface area (Å²) in [5, 5.41) is 9.14. The number of rotatable bonds is 2. The Morgan fingerprint density at radius 1 is 0.840 bits per heavy atom. The number of aryl methyl sites for hydroxylation is 1. The first-order valence-corrected chi connectivity index (χ1v) is 7.96. The van der Waals surface area contributed by atoms with Gasteiger partial charge >= 0.3 is 0 Å². The van der Waals surface area contributed by atoms with Gasteiger partial charge < -0.3 is 0 Å². The summed E-state index contributed by atoms with van der Waals surface area (Å²) in [6.07, 6.45) is 1.81. The van der Waals surface area contributed by atoms with E-state index in [0.29, 0.717) is 5.56 Å². The molecule has 0 fully saturated rings. The first kappa shape index (κ1) is 16.2. The minimum absolute atomic E-state index is 0.576. The van der Waals surface area contributed by atoms with Crippen molar-refractivity contribution in [2.45, 2.75) is 6.92 Å². The van der Waals surface area contributed by atoms with Crippen LogP contribution < -0.4 is 0 Å². The van der Waals surface area contributed by atoms with Crippen LogP contribution in [0.15, 0.2) is 77.8 Å². The Bertz CT molecular complexity index is 996. The third-order valence-corrected chi connectivity index (χ3v) is 3.67. The van der Waals surface area contributed by atoms with Gasteiger partial charge in [-0.15, -0.1) is 0 Å². The van der Waals surface area contributed by atoms with Crippen LogP contribution in [0.2, 0.25) is 0 Å². The average Bonchev–Trinajstić information content (AvgIpc) is 2.67. The van der Waals surface area contributed by atoms with Gasteiger partial charge in [-0.05, 0) is 42.8 Å². The Balaban J connectivity index is 1.95. The average molecular weight is 320 g/mol. The minimum atomic E-state index is 0.576. The van der Waals surface area contributed by atoms with Gasteiger partial charge in [0.05, 0.1) is 22.9 Å². The maximum Gasteiger partial charge on any atom is 0.0992 e. The van der Waals surface area contributed by atoms with Crippen LogP contribution in [-0.4, -0.2) is 6.21 Å². The van der Waals surface area contributed by atoms with Crippen LogP contribution in [0.1, 0.15) is 27.8 Å². The molecule has 0 aliphatic rings. The summed E-state index contributed by atoms with van der Waals surface area (Å²) in [6.45, 7) is 2.05. The number of hydrogen-bond acceptors (Lipinski definition) is 2. The van der Waals surface area contributed by atoms with Crippen molar-refractivity contribution in [1.82, 2.24) is 0 Å². The molecule has 0 saturated carbocycles. The molecule has 0 bridgehead atoms. The van der Waals surface area contributed by atoms with Crippen LogP contribution in [0.3, 0.4) is 0 Å². The van der Waals surface area contributed by atoms with Crippen molar-refractivity contribution in [3.05, 3.63) is 101 Å². The molecule has 0 radical (unpaired) electrons. The van der Waals surface area contributed by atoms with Gasteiger partial charge in [0.25, 0.3) is 0 Å². The third kappa shape index (κ3) is 4.44. The maximum absolute atomic E-state index is 9.14. The third-order valence-electron chi connectivity index (χ3n) is 3.67. The van der Waals surface area contributed by atoms with E-state index in [2.05, 4.69) is 42.0 Å². The minimum Gasteiger partial charge on any atom is -0.255 e. The number of benzene rings is 3. The van der Waals surface area contributed by atoms with Crippen molar-refractivity contribution < 1.29 is 0 Å². The summed E-state index contributed by atoms with van der Waals surface area (Å²) in [5.74, 6) is 6.26. The van der Waals surface area contributed by atoms with Gasteiger partial charge in [0.15, 0.2) is 0 Å². The number of nitriles is 1. The molecule has 3 aromatic rings. The lowest BCUT2D eigenvalue weighted by molar-refractivity contribution is 1.44. The quantitative estimate of drug-likeness (QED) is 0.482. The van der Waals surface area contributed by atoms with E-state index in [1.807, 2.05) is 54.7 Å². The first-order chi connectivity index (χ1) is 12.2. The summed E-state index contributed by atoms with van der Waals surface area (Å²) < 4.78 is 0. The predicted molar refractivity (Wildman–Crippen MR) is 102 cm³/mol. The van der Waals surface area contributed by atoms with Gasteiger partial charge in [-0.25, -0.2) is 0 Å². The molecule has 0 amide bonds. The van der Waals surface area contributed by atoms with Crippen molar-refractivity contribution >= 4 is 11.9 Å². The normalized spacial score (nSPS) is 10.1. The van der Waals surface area contributed by atoms with E-state index in [-0.39, 0.29) is 0 Å². The van der Waals surface area contributed by atoms with Crippen molar-refractivity contribution in [3.8, 4) is 17.9 Å². The van der Waals surface area contributed by atoms with E-state index in [1.165, 1.54) is 5.56 Å². The van der Waals surface area contributed by atoms with Gasteiger partial charge in [0.2, 0.25) is 0 Å². The molecule has 0 saturated heterocycles. The van der Waals surface area contributed by atoms with E-state index in [4.69, 9.17) is 5.26 Å². The Morgan fingerprint density at radius 3 is 2.32 bits per heavy atom. The van der Waals surface area contributed by atoms with E-state index in [9.17, 15) is 0 Å². The summed E-state index contributed by atoms with van der Waals surface area (Å²) in [4.78, 5) is 4.56. The summed E-state index contributed by atoms with van der Waals surface area (Å²) in [6, 6.07) is 25.4. The largest absolute Gasteiger partial charge is 0.255 e. The van der Waals surface area contributed by atoms with Crippen molar-refractivity contribution in [2.24, 2.45) is 4.99 Å². The van der Waals surface area contributed by atoms with Crippen LogP contribution in [0, 0.1) is 30.1 Å². The van der Waals surface area contributed by atoms with Gasteiger partial charge in [-0.2, -0.15) is 5.26 Å². The van der Waals surface area contributed by atoms with Crippen LogP contribution in [-0.2, 0) is 0 Å². The molecule has 0 aromatic heterocycles. The molecule has 118 valence electrons. The fraction of sp³-hybridized carbons (Fsp3) is 0.0435. The molecular formula is C23H16N2. The molecule has 3 aromatic carbocycles.